The van der Waals surface area contributed by atoms with Gasteiger partial charge in [-0.25, -0.2) is 0 Å². The Kier molecular flexibility index (Phi) is 4.98. The molecule has 0 spiro atoms. The molecule has 16 heavy (non-hydrogen) atoms. The molecule has 5 nitrogen and oxygen atoms in total. The highest BCUT2D eigenvalue weighted by Crippen LogP contribution is 2.12. The van der Waals surface area contributed by atoms with Crippen molar-refractivity contribution >= 4 is 5.91 Å². The second kappa shape index (κ2) is 6.55. The summed E-state index contributed by atoms with van der Waals surface area (Å²) in [6, 6.07) is 6.73. The van der Waals surface area contributed by atoms with E-state index in [0.29, 0.717) is 12.2 Å². The van der Waals surface area contributed by atoms with E-state index in [-0.39, 0.29) is 12.6 Å². The molecule has 0 fully saturated rings. The fraction of sp³-hybridized carbons (Fsp3) is 0.364. The molecule has 0 aromatic heterocycles. The van der Waals surface area contributed by atoms with Crippen molar-refractivity contribution in [3.8, 4) is 5.75 Å². The number of rotatable bonds is 6. The van der Waals surface area contributed by atoms with Crippen LogP contribution in [0.5, 0.6) is 5.75 Å². The predicted octanol–water partition coefficient (Wildman–Crippen LogP) is 1.93. The summed E-state index contributed by atoms with van der Waals surface area (Å²) in [7, 11) is 0. The predicted molar refractivity (Wildman–Crippen MR) is 60.4 cm³/mol. The smallest absolute Gasteiger partial charge is 0.252 e. The minimum absolute atomic E-state index is 0.215. The Bertz CT molecular complexity index is 349. The van der Waals surface area contributed by atoms with Crippen molar-refractivity contribution in [3.63, 3.8) is 0 Å². The average Bonchev–Trinajstić information content (AvgIpc) is 2.34. The summed E-state index contributed by atoms with van der Waals surface area (Å²) < 4.78 is 5.37. The molecule has 0 saturated carbocycles. The van der Waals surface area contributed by atoms with Gasteiger partial charge in [0.1, 0.15) is 5.75 Å². The van der Waals surface area contributed by atoms with E-state index in [1.54, 1.807) is 24.3 Å². The summed E-state index contributed by atoms with van der Waals surface area (Å²) in [5.74, 6) is 0.411. The molecule has 0 aliphatic heterocycles. The van der Waals surface area contributed by atoms with Gasteiger partial charge in [0.2, 0.25) is 0 Å². The van der Waals surface area contributed by atoms with E-state index in [0.717, 1.165) is 12.2 Å². The van der Waals surface area contributed by atoms with Gasteiger partial charge in [-0.3, -0.25) is 4.79 Å². The Hall–Kier alpha value is -1.91. The van der Waals surface area contributed by atoms with Crippen LogP contribution in [0.25, 0.3) is 0 Å². The molecule has 0 radical (unpaired) electrons. The third-order valence-corrected chi connectivity index (χ3v) is 1.89. The van der Waals surface area contributed by atoms with Crippen LogP contribution in [0.3, 0.4) is 0 Å². The van der Waals surface area contributed by atoms with Crippen LogP contribution in [0, 0.1) is 4.91 Å². The number of carbonyl (C=O) groups is 1. The second-order valence-corrected chi connectivity index (χ2v) is 3.17. The van der Waals surface area contributed by atoms with Gasteiger partial charge in [-0.1, -0.05) is 6.92 Å². The number of ether oxygens (including phenoxy) is 1. The molecule has 1 aromatic rings. The molecule has 0 saturated heterocycles. The minimum atomic E-state index is -0.318. The van der Waals surface area contributed by atoms with Gasteiger partial charge in [0.15, 0.2) is 6.67 Å². The van der Waals surface area contributed by atoms with Crippen molar-refractivity contribution in [2.24, 2.45) is 5.18 Å². The highest BCUT2D eigenvalue weighted by Gasteiger charge is 2.04. The first-order valence-corrected chi connectivity index (χ1v) is 5.08. The Morgan fingerprint density at radius 1 is 1.38 bits per heavy atom. The largest absolute Gasteiger partial charge is 0.494 e. The SMILES string of the molecule is CCCOc1ccc(C(=O)NCN=O)cc1. The summed E-state index contributed by atoms with van der Waals surface area (Å²) in [4.78, 5) is 21.2. The van der Waals surface area contributed by atoms with Gasteiger partial charge < -0.3 is 10.1 Å². The molecule has 0 aliphatic rings. The maximum Gasteiger partial charge on any atom is 0.252 e. The minimum Gasteiger partial charge on any atom is -0.494 e. The Labute approximate surface area is 93.8 Å². The van der Waals surface area contributed by atoms with Gasteiger partial charge in [-0.05, 0) is 35.9 Å². The summed E-state index contributed by atoms with van der Waals surface area (Å²) >= 11 is 0. The molecule has 0 heterocycles. The van der Waals surface area contributed by atoms with E-state index < -0.39 is 0 Å². The number of nitrogens with zero attached hydrogens (tertiary/aromatic N) is 1. The molecule has 1 rings (SSSR count). The average molecular weight is 222 g/mol. The maximum atomic E-state index is 11.4. The van der Waals surface area contributed by atoms with Crippen LogP contribution in [0.2, 0.25) is 0 Å². The van der Waals surface area contributed by atoms with Gasteiger partial charge in [0.25, 0.3) is 5.91 Å². The van der Waals surface area contributed by atoms with Crippen LogP contribution in [0.1, 0.15) is 23.7 Å². The fourth-order valence-electron chi connectivity index (χ4n) is 1.13. The van der Waals surface area contributed by atoms with Gasteiger partial charge in [0, 0.05) is 5.56 Å². The molecule has 0 aliphatic carbocycles. The number of benzene rings is 1. The Balaban J connectivity index is 2.56. The van der Waals surface area contributed by atoms with E-state index >= 15 is 0 Å². The zero-order valence-corrected chi connectivity index (χ0v) is 9.10. The van der Waals surface area contributed by atoms with Crippen molar-refractivity contribution in [1.29, 1.82) is 0 Å². The van der Waals surface area contributed by atoms with E-state index in [1.165, 1.54) is 0 Å². The third-order valence-electron chi connectivity index (χ3n) is 1.89. The van der Waals surface area contributed by atoms with Crippen LogP contribution in [0.4, 0.5) is 0 Å². The number of carbonyl (C=O) groups excluding carboxylic acids is 1. The van der Waals surface area contributed by atoms with Gasteiger partial charge in [-0.15, -0.1) is 4.91 Å². The van der Waals surface area contributed by atoms with Crippen molar-refractivity contribution in [2.45, 2.75) is 13.3 Å². The van der Waals surface area contributed by atoms with Gasteiger partial charge in [0.05, 0.1) is 6.61 Å². The molecule has 1 amide bonds. The molecule has 86 valence electrons. The third kappa shape index (κ3) is 3.68. The quantitative estimate of drug-likeness (QED) is 0.748. The van der Waals surface area contributed by atoms with Crippen molar-refractivity contribution in [3.05, 3.63) is 34.7 Å². The van der Waals surface area contributed by atoms with Crippen molar-refractivity contribution in [2.75, 3.05) is 13.3 Å². The molecule has 1 N–H and O–H groups in total. The first kappa shape index (κ1) is 12.2. The van der Waals surface area contributed by atoms with Crippen molar-refractivity contribution in [1.82, 2.24) is 5.32 Å². The zero-order valence-electron chi connectivity index (χ0n) is 9.10. The molecular formula is C11H14N2O3. The standard InChI is InChI=1S/C11H14N2O3/c1-2-7-16-10-5-3-9(4-6-10)11(14)12-8-13-15/h3-6H,2,7-8H2,1H3,(H,12,14). The summed E-state index contributed by atoms with van der Waals surface area (Å²) in [5, 5.41) is 4.90. The maximum absolute atomic E-state index is 11.4. The number of nitroso groups, excluding NO2 is 1. The first-order valence-electron chi connectivity index (χ1n) is 5.08. The van der Waals surface area contributed by atoms with Crippen LogP contribution in [-0.2, 0) is 0 Å². The van der Waals surface area contributed by atoms with Crippen LogP contribution in [0.15, 0.2) is 29.4 Å². The van der Waals surface area contributed by atoms with Crippen LogP contribution >= 0.6 is 0 Å². The Morgan fingerprint density at radius 3 is 2.62 bits per heavy atom. The van der Waals surface area contributed by atoms with E-state index in [9.17, 15) is 9.70 Å². The molecule has 0 bridgehead atoms. The van der Waals surface area contributed by atoms with E-state index in [2.05, 4.69) is 10.5 Å². The summed E-state index contributed by atoms with van der Waals surface area (Å²) in [5.41, 5.74) is 0.479. The number of hydrogen-bond donors (Lipinski definition) is 1. The Morgan fingerprint density at radius 2 is 2.06 bits per heavy atom. The highest BCUT2D eigenvalue weighted by atomic mass is 16.5. The normalized spacial score (nSPS) is 9.56. The first-order chi connectivity index (χ1) is 7.77. The molecule has 5 heteroatoms. The number of nitrogens with one attached hydrogen (secondary N) is 1. The topological polar surface area (TPSA) is 67.8 Å². The zero-order chi connectivity index (χ0) is 11.8. The highest BCUT2D eigenvalue weighted by molar-refractivity contribution is 5.94. The van der Waals surface area contributed by atoms with Crippen LogP contribution in [-0.4, -0.2) is 19.2 Å². The summed E-state index contributed by atoms with van der Waals surface area (Å²) in [6.07, 6.45) is 0.938. The molecule has 1 aromatic carbocycles. The van der Waals surface area contributed by atoms with E-state index in [4.69, 9.17) is 4.74 Å². The van der Waals surface area contributed by atoms with Gasteiger partial charge >= 0.3 is 0 Å². The number of hydrogen-bond acceptors (Lipinski definition) is 4. The van der Waals surface area contributed by atoms with Crippen LogP contribution < -0.4 is 10.1 Å². The number of amides is 1. The molecular weight excluding hydrogens is 208 g/mol. The lowest BCUT2D eigenvalue weighted by Gasteiger charge is -2.05. The second-order valence-electron chi connectivity index (χ2n) is 3.17. The lowest BCUT2D eigenvalue weighted by Crippen LogP contribution is -2.22. The summed E-state index contributed by atoms with van der Waals surface area (Å²) in [6.45, 7) is 2.46. The van der Waals surface area contributed by atoms with E-state index in [1.807, 2.05) is 6.92 Å². The lowest BCUT2D eigenvalue weighted by atomic mass is 10.2. The molecule has 0 atom stereocenters. The monoisotopic (exact) mass is 222 g/mol. The van der Waals surface area contributed by atoms with Gasteiger partial charge in [-0.2, -0.15) is 0 Å². The molecule has 0 unspecified atom stereocenters. The van der Waals surface area contributed by atoms with Crippen molar-refractivity contribution < 1.29 is 9.53 Å². The fourth-order valence-corrected chi connectivity index (χ4v) is 1.13. The lowest BCUT2D eigenvalue weighted by molar-refractivity contribution is 0.0955.